The number of halogens is 1. The fourth-order valence-corrected chi connectivity index (χ4v) is 4.32. The number of hydrogen-bond donors (Lipinski definition) is 1. The van der Waals surface area contributed by atoms with Crippen LogP contribution in [0.1, 0.15) is 24.5 Å². The van der Waals surface area contributed by atoms with Gasteiger partial charge in [-0.25, -0.2) is 0 Å². The molecule has 1 saturated heterocycles. The minimum absolute atomic E-state index is 0. The summed E-state index contributed by atoms with van der Waals surface area (Å²) in [7, 11) is 1.98. The molecule has 1 N–H and O–H groups in total. The van der Waals surface area contributed by atoms with E-state index in [2.05, 4.69) is 70.9 Å². The lowest BCUT2D eigenvalue weighted by atomic mass is 10.0. The lowest BCUT2D eigenvalue weighted by molar-refractivity contribution is 0.460. The maximum atomic E-state index is 4.96. The van der Waals surface area contributed by atoms with E-state index in [4.69, 9.17) is 4.99 Å². The van der Waals surface area contributed by atoms with Crippen LogP contribution < -0.4 is 5.32 Å². The third-order valence-corrected chi connectivity index (χ3v) is 5.73. The summed E-state index contributed by atoms with van der Waals surface area (Å²) in [6.45, 7) is 5.99. The standard InChI is InChI=1S/C24H31N5.HI/c1-3-25-24(29-14-12-19(18-29)15-20-16-27-28(2)17-20)26-13-11-22-9-6-8-21-7-4-5-10-23(21)22;/h4-10,16-17,19H,3,11-15,18H2,1-2H3,(H,25,26);1H. The summed E-state index contributed by atoms with van der Waals surface area (Å²) in [4.78, 5) is 7.38. The largest absolute Gasteiger partial charge is 0.357 e. The first-order chi connectivity index (χ1) is 14.2. The van der Waals surface area contributed by atoms with Gasteiger partial charge in [-0.1, -0.05) is 42.5 Å². The Morgan fingerprint density at radius 3 is 2.83 bits per heavy atom. The van der Waals surface area contributed by atoms with Crippen molar-refractivity contribution in [3.8, 4) is 0 Å². The number of aryl methyl sites for hydroxylation is 1. The summed E-state index contributed by atoms with van der Waals surface area (Å²) in [5, 5.41) is 10.4. The average Bonchev–Trinajstić information content (AvgIpc) is 3.36. The highest BCUT2D eigenvalue weighted by molar-refractivity contribution is 14.0. The van der Waals surface area contributed by atoms with E-state index in [0.717, 1.165) is 45.0 Å². The molecule has 2 aromatic carbocycles. The highest BCUT2D eigenvalue weighted by Crippen LogP contribution is 2.21. The summed E-state index contributed by atoms with van der Waals surface area (Å²) in [6.07, 6.45) is 7.39. The molecule has 1 aromatic heterocycles. The molecule has 6 heteroatoms. The van der Waals surface area contributed by atoms with Crippen LogP contribution in [0.2, 0.25) is 0 Å². The maximum absolute atomic E-state index is 4.96. The first kappa shape index (κ1) is 22.6. The van der Waals surface area contributed by atoms with Gasteiger partial charge in [0.05, 0.1) is 6.20 Å². The van der Waals surface area contributed by atoms with Crippen LogP contribution in [0.15, 0.2) is 59.9 Å². The fraction of sp³-hybridized carbons (Fsp3) is 0.417. The van der Waals surface area contributed by atoms with E-state index < -0.39 is 0 Å². The van der Waals surface area contributed by atoms with E-state index in [9.17, 15) is 0 Å². The highest BCUT2D eigenvalue weighted by atomic mass is 127. The van der Waals surface area contributed by atoms with Crippen LogP contribution in [0.25, 0.3) is 10.8 Å². The van der Waals surface area contributed by atoms with Gasteiger partial charge in [-0.2, -0.15) is 5.10 Å². The van der Waals surface area contributed by atoms with Crippen LogP contribution in [0.4, 0.5) is 0 Å². The Kier molecular flexibility index (Phi) is 8.13. The van der Waals surface area contributed by atoms with Gasteiger partial charge in [-0.05, 0) is 54.0 Å². The van der Waals surface area contributed by atoms with E-state index in [0.29, 0.717) is 5.92 Å². The topological polar surface area (TPSA) is 45.5 Å². The molecular weight excluding hydrogens is 485 g/mol. The maximum Gasteiger partial charge on any atom is 0.193 e. The van der Waals surface area contributed by atoms with Gasteiger partial charge in [-0.15, -0.1) is 24.0 Å². The second kappa shape index (κ2) is 10.8. The van der Waals surface area contributed by atoms with Gasteiger partial charge in [0.25, 0.3) is 0 Å². The summed E-state index contributed by atoms with van der Waals surface area (Å²) in [5.74, 6) is 1.72. The van der Waals surface area contributed by atoms with Gasteiger partial charge < -0.3 is 10.2 Å². The number of likely N-dealkylation sites (tertiary alicyclic amines) is 1. The van der Waals surface area contributed by atoms with E-state index in [-0.39, 0.29) is 24.0 Å². The Labute approximate surface area is 196 Å². The second-order valence-electron chi connectivity index (χ2n) is 7.95. The van der Waals surface area contributed by atoms with Crippen molar-refractivity contribution in [1.29, 1.82) is 0 Å². The molecule has 160 valence electrons. The second-order valence-corrected chi connectivity index (χ2v) is 7.95. The molecule has 1 fully saturated rings. The number of rotatable bonds is 6. The normalized spacial score (nSPS) is 16.7. The number of aromatic nitrogens is 2. The van der Waals surface area contributed by atoms with E-state index >= 15 is 0 Å². The van der Waals surface area contributed by atoms with Crippen LogP contribution in [0, 0.1) is 5.92 Å². The quantitative estimate of drug-likeness (QED) is 0.302. The minimum Gasteiger partial charge on any atom is -0.357 e. The Bertz CT molecular complexity index is 975. The van der Waals surface area contributed by atoms with Crippen molar-refractivity contribution in [3.63, 3.8) is 0 Å². The molecular formula is C24H32IN5. The number of fused-ring (bicyclic) bond motifs is 1. The molecule has 0 aliphatic carbocycles. The zero-order valence-corrected chi connectivity index (χ0v) is 20.3. The van der Waals surface area contributed by atoms with Gasteiger partial charge >= 0.3 is 0 Å². The Hall–Kier alpha value is -2.09. The molecule has 0 spiro atoms. The van der Waals surface area contributed by atoms with Gasteiger partial charge in [-0.3, -0.25) is 9.67 Å². The molecule has 3 aromatic rings. The number of nitrogens with zero attached hydrogens (tertiary/aromatic N) is 4. The molecule has 30 heavy (non-hydrogen) atoms. The zero-order valence-electron chi connectivity index (χ0n) is 17.9. The number of aliphatic imine (C=N–C) groups is 1. The molecule has 1 aliphatic heterocycles. The number of hydrogen-bond acceptors (Lipinski definition) is 2. The van der Waals surface area contributed by atoms with Crippen molar-refractivity contribution in [2.75, 3.05) is 26.2 Å². The van der Waals surface area contributed by atoms with Crippen LogP contribution in [0.5, 0.6) is 0 Å². The molecule has 0 bridgehead atoms. The molecule has 0 saturated carbocycles. The minimum atomic E-state index is 0. The van der Waals surface area contributed by atoms with Crippen LogP contribution in [0.3, 0.4) is 0 Å². The summed E-state index contributed by atoms with van der Waals surface area (Å²) in [5.41, 5.74) is 2.70. The van der Waals surface area contributed by atoms with Gasteiger partial charge in [0, 0.05) is 39.4 Å². The molecule has 5 nitrogen and oxygen atoms in total. The van der Waals surface area contributed by atoms with Crippen molar-refractivity contribution in [2.45, 2.75) is 26.2 Å². The van der Waals surface area contributed by atoms with Crippen molar-refractivity contribution in [1.82, 2.24) is 20.0 Å². The van der Waals surface area contributed by atoms with Gasteiger partial charge in [0.2, 0.25) is 0 Å². The van der Waals surface area contributed by atoms with E-state index in [1.54, 1.807) is 0 Å². The third kappa shape index (κ3) is 5.53. The third-order valence-electron chi connectivity index (χ3n) is 5.73. The highest BCUT2D eigenvalue weighted by Gasteiger charge is 2.25. The molecule has 1 unspecified atom stereocenters. The first-order valence-corrected chi connectivity index (χ1v) is 10.7. The molecule has 4 rings (SSSR count). The Morgan fingerprint density at radius 2 is 2.03 bits per heavy atom. The van der Waals surface area contributed by atoms with E-state index in [1.807, 2.05) is 17.9 Å². The molecule has 0 amide bonds. The Morgan fingerprint density at radius 1 is 1.20 bits per heavy atom. The van der Waals surface area contributed by atoms with Gasteiger partial charge in [0.1, 0.15) is 0 Å². The molecule has 1 atom stereocenters. The number of benzene rings is 2. The lowest BCUT2D eigenvalue weighted by Gasteiger charge is -2.21. The zero-order chi connectivity index (χ0) is 20.1. The average molecular weight is 517 g/mol. The summed E-state index contributed by atoms with van der Waals surface area (Å²) in [6, 6.07) is 15.2. The van der Waals surface area contributed by atoms with E-state index in [1.165, 1.54) is 28.3 Å². The van der Waals surface area contributed by atoms with Crippen LogP contribution >= 0.6 is 24.0 Å². The number of guanidine groups is 1. The van der Waals surface area contributed by atoms with Crippen molar-refractivity contribution in [3.05, 3.63) is 66.0 Å². The fourth-order valence-electron chi connectivity index (χ4n) is 4.32. The number of nitrogens with one attached hydrogen (secondary N) is 1. The van der Waals surface area contributed by atoms with Gasteiger partial charge in [0.15, 0.2) is 5.96 Å². The predicted molar refractivity (Wildman–Crippen MR) is 136 cm³/mol. The SMILES string of the molecule is CCNC(=NCCc1cccc2ccccc12)N1CCC(Cc2cnn(C)c2)C1.I. The Balaban J connectivity index is 0.00000256. The molecule has 1 aliphatic rings. The van der Waals surface area contributed by atoms with Crippen molar-refractivity contribution in [2.24, 2.45) is 18.0 Å². The lowest BCUT2D eigenvalue weighted by Crippen LogP contribution is -2.40. The summed E-state index contributed by atoms with van der Waals surface area (Å²) < 4.78 is 1.89. The van der Waals surface area contributed by atoms with Crippen molar-refractivity contribution < 1.29 is 0 Å². The van der Waals surface area contributed by atoms with Crippen LogP contribution in [-0.2, 0) is 19.9 Å². The molecule has 2 heterocycles. The monoisotopic (exact) mass is 517 g/mol. The van der Waals surface area contributed by atoms with Crippen molar-refractivity contribution >= 4 is 40.7 Å². The summed E-state index contributed by atoms with van der Waals surface area (Å²) >= 11 is 0. The first-order valence-electron chi connectivity index (χ1n) is 10.7. The predicted octanol–water partition coefficient (Wildman–Crippen LogP) is 4.26. The van der Waals surface area contributed by atoms with Crippen LogP contribution in [-0.4, -0.2) is 46.8 Å². The molecule has 0 radical (unpaired) electrons. The smallest absolute Gasteiger partial charge is 0.193 e.